The van der Waals surface area contributed by atoms with Crippen molar-refractivity contribution in [2.75, 3.05) is 38.8 Å². The maximum absolute atomic E-state index is 12.4. The van der Waals surface area contributed by atoms with E-state index in [1.165, 1.54) is 0 Å². The van der Waals surface area contributed by atoms with E-state index in [1.807, 2.05) is 18.2 Å². The SMILES string of the molecule is CCC/C=C1\C(C(N)=O)=CC(OC)=C(N2CCC(CO)(OC)CC2)N1c1ccccc1C. The number of unbranched alkanes of at least 4 members (excludes halogenated alkanes) is 1. The van der Waals surface area contributed by atoms with E-state index in [0.717, 1.165) is 35.6 Å². The van der Waals surface area contributed by atoms with Gasteiger partial charge in [0.15, 0.2) is 11.6 Å². The normalized spacial score (nSPS) is 19.9. The zero-order valence-electron chi connectivity index (χ0n) is 19.6. The van der Waals surface area contributed by atoms with Crippen molar-refractivity contribution in [3.63, 3.8) is 0 Å². The summed E-state index contributed by atoms with van der Waals surface area (Å²) in [6.07, 6.45) is 6.95. The van der Waals surface area contributed by atoms with Gasteiger partial charge in [-0.2, -0.15) is 0 Å². The van der Waals surface area contributed by atoms with Gasteiger partial charge in [0.25, 0.3) is 5.91 Å². The number of ether oxygens (including phenoxy) is 2. The molecule has 174 valence electrons. The fraction of sp³-hybridized carbons (Fsp3) is 0.480. The van der Waals surface area contributed by atoms with Crippen molar-refractivity contribution in [1.82, 2.24) is 4.90 Å². The Morgan fingerprint density at radius 3 is 2.47 bits per heavy atom. The summed E-state index contributed by atoms with van der Waals surface area (Å²) in [5, 5.41) is 9.88. The highest BCUT2D eigenvalue weighted by molar-refractivity contribution is 5.99. The number of amides is 1. The van der Waals surface area contributed by atoms with E-state index in [-0.39, 0.29) is 6.61 Å². The first kappa shape index (κ1) is 23.9. The molecule has 0 unspecified atom stereocenters. The van der Waals surface area contributed by atoms with Crippen molar-refractivity contribution in [1.29, 1.82) is 0 Å². The molecule has 1 fully saturated rings. The third-order valence-corrected chi connectivity index (χ3v) is 6.39. The summed E-state index contributed by atoms with van der Waals surface area (Å²) in [6.45, 7) is 5.51. The minimum atomic E-state index is -0.526. The lowest BCUT2D eigenvalue weighted by molar-refractivity contribution is -0.114. The number of nitrogens with two attached hydrogens (primary N) is 1. The minimum Gasteiger partial charge on any atom is -0.493 e. The Bertz CT molecular complexity index is 921. The van der Waals surface area contributed by atoms with Crippen LogP contribution >= 0.6 is 0 Å². The molecule has 0 atom stereocenters. The molecule has 3 rings (SSSR count). The topological polar surface area (TPSA) is 88.3 Å². The molecule has 3 N–H and O–H groups in total. The van der Waals surface area contributed by atoms with Gasteiger partial charge in [0, 0.05) is 20.2 Å². The molecule has 32 heavy (non-hydrogen) atoms. The van der Waals surface area contributed by atoms with Gasteiger partial charge >= 0.3 is 0 Å². The molecule has 2 aliphatic heterocycles. The van der Waals surface area contributed by atoms with Crippen molar-refractivity contribution in [3.05, 3.63) is 64.8 Å². The van der Waals surface area contributed by atoms with E-state index < -0.39 is 11.5 Å². The Morgan fingerprint density at radius 1 is 1.25 bits per heavy atom. The van der Waals surface area contributed by atoms with Gasteiger partial charge in [0.05, 0.1) is 36.3 Å². The van der Waals surface area contributed by atoms with Crippen LogP contribution in [0.1, 0.15) is 38.2 Å². The van der Waals surface area contributed by atoms with Gasteiger partial charge in [-0.25, -0.2) is 0 Å². The molecule has 2 aliphatic rings. The number of carbonyl (C=O) groups excluding carboxylic acids is 1. The highest BCUT2D eigenvalue weighted by Gasteiger charge is 2.39. The van der Waals surface area contributed by atoms with Gasteiger partial charge in [-0.1, -0.05) is 37.6 Å². The summed E-state index contributed by atoms with van der Waals surface area (Å²) < 4.78 is 11.4. The number of carbonyl (C=O) groups is 1. The number of methoxy groups -OCH3 is 2. The van der Waals surface area contributed by atoms with Crippen molar-refractivity contribution in [2.24, 2.45) is 5.73 Å². The maximum atomic E-state index is 12.4. The summed E-state index contributed by atoms with van der Waals surface area (Å²) >= 11 is 0. The number of aryl methyl sites for hydroxylation is 1. The highest BCUT2D eigenvalue weighted by Crippen LogP contribution is 2.40. The second kappa shape index (κ2) is 10.2. The number of anilines is 1. The summed E-state index contributed by atoms with van der Waals surface area (Å²) in [7, 11) is 3.26. The number of benzene rings is 1. The number of hydrogen-bond acceptors (Lipinski definition) is 6. The number of piperidine rings is 1. The second-order valence-corrected chi connectivity index (χ2v) is 8.35. The van der Waals surface area contributed by atoms with E-state index in [1.54, 1.807) is 20.3 Å². The first-order chi connectivity index (χ1) is 15.4. The van der Waals surface area contributed by atoms with E-state index in [9.17, 15) is 9.90 Å². The zero-order valence-corrected chi connectivity index (χ0v) is 19.6. The molecule has 7 nitrogen and oxygen atoms in total. The molecule has 0 spiro atoms. The molecular weight excluding hydrogens is 406 g/mol. The summed E-state index contributed by atoms with van der Waals surface area (Å²) in [6, 6.07) is 8.09. The number of nitrogens with zero attached hydrogens (tertiary/aromatic N) is 2. The average molecular weight is 442 g/mol. The molecule has 0 saturated carbocycles. The van der Waals surface area contributed by atoms with E-state index in [0.29, 0.717) is 37.3 Å². The molecular formula is C25H35N3O4. The van der Waals surface area contributed by atoms with Crippen LogP contribution in [0.2, 0.25) is 0 Å². The predicted molar refractivity (Wildman–Crippen MR) is 126 cm³/mol. The Morgan fingerprint density at radius 2 is 1.94 bits per heavy atom. The van der Waals surface area contributed by atoms with Gasteiger partial charge < -0.3 is 25.2 Å². The number of aliphatic hydroxyl groups excluding tert-OH is 1. The lowest BCUT2D eigenvalue weighted by Crippen LogP contribution is -2.50. The first-order valence-corrected chi connectivity index (χ1v) is 11.2. The molecule has 0 radical (unpaired) electrons. The predicted octanol–water partition coefficient (Wildman–Crippen LogP) is 3.20. The van der Waals surface area contributed by atoms with E-state index >= 15 is 0 Å². The number of hydrogen-bond donors (Lipinski definition) is 2. The van der Waals surface area contributed by atoms with Crippen molar-refractivity contribution in [3.8, 4) is 0 Å². The number of likely N-dealkylation sites (tertiary alicyclic amines) is 1. The smallest absolute Gasteiger partial charge is 0.250 e. The van der Waals surface area contributed by atoms with Gasteiger partial charge in [-0.15, -0.1) is 0 Å². The first-order valence-electron chi connectivity index (χ1n) is 11.2. The van der Waals surface area contributed by atoms with Crippen molar-refractivity contribution in [2.45, 2.75) is 45.1 Å². The van der Waals surface area contributed by atoms with Crippen LogP contribution in [0, 0.1) is 6.92 Å². The van der Waals surface area contributed by atoms with E-state index in [4.69, 9.17) is 15.2 Å². The molecule has 0 bridgehead atoms. The van der Waals surface area contributed by atoms with Crippen LogP contribution in [0.15, 0.2) is 59.3 Å². The third-order valence-electron chi connectivity index (χ3n) is 6.39. The Labute approximate surface area is 190 Å². The zero-order chi connectivity index (χ0) is 23.3. The Hall–Kier alpha value is -2.77. The Kier molecular flexibility index (Phi) is 7.64. The van der Waals surface area contributed by atoms with Crippen LogP contribution in [-0.4, -0.2) is 55.4 Å². The summed E-state index contributed by atoms with van der Waals surface area (Å²) in [5.74, 6) is 0.971. The highest BCUT2D eigenvalue weighted by atomic mass is 16.5. The van der Waals surface area contributed by atoms with Crippen LogP contribution in [0.25, 0.3) is 0 Å². The summed E-state index contributed by atoms with van der Waals surface area (Å²) in [4.78, 5) is 16.8. The second-order valence-electron chi connectivity index (χ2n) is 8.35. The van der Waals surface area contributed by atoms with Crippen molar-refractivity contribution >= 4 is 11.6 Å². The van der Waals surface area contributed by atoms with E-state index in [2.05, 4.69) is 35.8 Å². The van der Waals surface area contributed by atoms with Crippen LogP contribution in [0.4, 0.5) is 5.69 Å². The summed E-state index contributed by atoms with van der Waals surface area (Å²) in [5.41, 5.74) is 8.53. The van der Waals surface area contributed by atoms with Crippen LogP contribution < -0.4 is 10.6 Å². The molecule has 1 aromatic rings. The monoisotopic (exact) mass is 441 g/mol. The lowest BCUT2D eigenvalue weighted by atomic mass is 9.91. The molecule has 1 saturated heterocycles. The molecule has 2 heterocycles. The molecule has 1 aromatic carbocycles. The fourth-order valence-corrected chi connectivity index (χ4v) is 4.35. The van der Waals surface area contributed by atoms with Gasteiger partial charge in [-0.3, -0.25) is 9.69 Å². The van der Waals surface area contributed by atoms with Crippen LogP contribution in [0.5, 0.6) is 0 Å². The number of rotatable bonds is 8. The van der Waals surface area contributed by atoms with Gasteiger partial charge in [0.1, 0.15) is 0 Å². The number of allylic oxidation sites excluding steroid dienone is 2. The number of aliphatic hydroxyl groups is 1. The molecule has 0 aliphatic carbocycles. The molecule has 1 amide bonds. The van der Waals surface area contributed by atoms with Crippen LogP contribution in [-0.2, 0) is 14.3 Å². The van der Waals surface area contributed by atoms with Crippen molar-refractivity contribution < 1.29 is 19.4 Å². The fourth-order valence-electron chi connectivity index (χ4n) is 4.35. The van der Waals surface area contributed by atoms with Gasteiger partial charge in [-0.05, 0) is 43.9 Å². The number of para-hydroxylation sites is 1. The Balaban J connectivity index is 2.17. The third kappa shape index (κ3) is 4.54. The van der Waals surface area contributed by atoms with Crippen LogP contribution in [0.3, 0.4) is 0 Å². The average Bonchev–Trinajstić information content (AvgIpc) is 2.82. The molecule has 7 heteroatoms. The van der Waals surface area contributed by atoms with Gasteiger partial charge in [0.2, 0.25) is 0 Å². The number of primary amides is 1. The largest absolute Gasteiger partial charge is 0.493 e. The molecule has 0 aromatic heterocycles. The maximum Gasteiger partial charge on any atom is 0.250 e. The lowest BCUT2D eigenvalue weighted by Gasteiger charge is -2.46. The quantitative estimate of drug-likeness (QED) is 0.644. The minimum absolute atomic E-state index is 0.0115. The standard InChI is InChI=1S/C25H35N3O4/c1-5-6-10-21-19(23(26)30)16-22(31-3)24(28(21)20-11-8-7-9-18(20)2)27-14-12-25(17-29,32-4)13-15-27/h7-11,16,29H,5-6,12-15,17H2,1-4H3,(H2,26,30)/b21-10+.